The summed E-state index contributed by atoms with van der Waals surface area (Å²) in [7, 11) is -1.95. The Bertz CT molecular complexity index is 902. The van der Waals surface area contributed by atoms with Gasteiger partial charge in [0.25, 0.3) is 5.91 Å². The van der Waals surface area contributed by atoms with Gasteiger partial charge in [0.15, 0.2) is 0 Å². The number of rotatable bonds is 3. The van der Waals surface area contributed by atoms with Crippen LogP contribution in [0.5, 0.6) is 5.75 Å². The van der Waals surface area contributed by atoms with E-state index >= 15 is 0 Å². The fourth-order valence-corrected chi connectivity index (χ4v) is 5.65. The maximum atomic E-state index is 13.2. The number of benzene rings is 1. The lowest BCUT2D eigenvalue weighted by atomic mass is 9.83. The van der Waals surface area contributed by atoms with Crippen molar-refractivity contribution in [1.82, 2.24) is 14.5 Å². The van der Waals surface area contributed by atoms with Gasteiger partial charge in [0, 0.05) is 37.8 Å². The van der Waals surface area contributed by atoms with E-state index < -0.39 is 10.0 Å². The van der Waals surface area contributed by atoms with Gasteiger partial charge in [-0.2, -0.15) is 4.31 Å². The van der Waals surface area contributed by atoms with Crippen LogP contribution in [-0.4, -0.2) is 75.0 Å². The molecule has 0 radical (unpaired) electrons. The second-order valence-corrected chi connectivity index (χ2v) is 10.0. The van der Waals surface area contributed by atoms with E-state index in [0.717, 1.165) is 18.4 Å². The summed E-state index contributed by atoms with van der Waals surface area (Å²) in [6, 6.07) is 4.90. The minimum Gasteiger partial charge on any atom is -0.497 e. The number of sulfonamides is 1. The van der Waals surface area contributed by atoms with E-state index in [9.17, 15) is 18.0 Å². The second kappa shape index (κ2) is 9.34. The number of aryl methyl sites for hydroxylation is 1. The van der Waals surface area contributed by atoms with Gasteiger partial charge in [-0.1, -0.05) is 12.8 Å². The number of fused-ring (bicyclic) bond motifs is 1. The van der Waals surface area contributed by atoms with Crippen LogP contribution in [0, 0.1) is 12.8 Å². The Balaban J connectivity index is 1.87. The molecule has 0 spiro atoms. The van der Waals surface area contributed by atoms with Gasteiger partial charge in [-0.3, -0.25) is 9.59 Å². The number of carbonyl (C=O) groups is 2. The van der Waals surface area contributed by atoms with Crippen molar-refractivity contribution in [1.29, 1.82) is 0 Å². The molecule has 8 nitrogen and oxygen atoms in total. The van der Waals surface area contributed by atoms with Crippen molar-refractivity contribution < 1.29 is 22.7 Å². The van der Waals surface area contributed by atoms with Gasteiger partial charge in [0.2, 0.25) is 15.9 Å². The number of nitrogens with one attached hydrogen (secondary N) is 1. The van der Waals surface area contributed by atoms with E-state index in [4.69, 9.17) is 4.74 Å². The molecule has 1 aliphatic carbocycles. The average Bonchev–Trinajstić information content (AvgIpc) is 2.71. The van der Waals surface area contributed by atoms with E-state index in [1.807, 2.05) is 6.92 Å². The summed E-state index contributed by atoms with van der Waals surface area (Å²) in [6.45, 7) is 2.98. The van der Waals surface area contributed by atoms with Crippen molar-refractivity contribution in [3.8, 4) is 5.75 Å². The van der Waals surface area contributed by atoms with E-state index in [1.54, 1.807) is 30.2 Å². The zero-order chi connectivity index (χ0) is 21.9. The van der Waals surface area contributed by atoms with E-state index in [-0.39, 0.29) is 36.9 Å². The smallest absolute Gasteiger partial charge is 0.254 e. The summed E-state index contributed by atoms with van der Waals surface area (Å²) in [6.07, 6.45) is 4.36. The van der Waals surface area contributed by atoms with Crippen molar-refractivity contribution >= 4 is 21.8 Å². The van der Waals surface area contributed by atoms with E-state index in [0.29, 0.717) is 37.2 Å². The average molecular weight is 438 g/mol. The molecule has 0 unspecified atom stereocenters. The zero-order valence-corrected chi connectivity index (χ0v) is 18.7. The number of nitrogens with zero attached hydrogens (tertiary/aromatic N) is 2. The summed E-state index contributed by atoms with van der Waals surface area (Å²) in [4.78, 5) is 27.6. The van der Waals surface area contributed by atoms with Gasteiger partial charge in [-0.15, -0.1) is 0 Å². The number of hydrogen-bond donors (Lipinski definition) is 1. The van der Waals surface area contributed by atoms with Crippen LogP contribution in [0.3, 0.4) is 0 Å². The maximum absolute atomic E-state index is 13.2. The summed E-state index contributed by atoms with van der Waals surface area (Å²) in [5.74, 6) is 0.0327. The molecule has 1 heterocycles. The Morgan fingerprint density at radius 3 is 2.57 bits per heavy atom. The third kappa shape index (κ3) is 4.95. The molecule has 1 saturated carbocycles. The maximum Gasteiger partial charge on any atom is 0.254 e. The Morgan fingerprint density at radius 1 is 1.17 bits per heavy atom. The molecule has 30 heavy (non-hydrogen) atoms. The van der Waals surface area contributed by atoms with Crippen molar-refractivity contribution in [3.63, 3.8) is 0 Å². The Labute approximate surface area is 178 Å². The van der Waals surface area contributed by atoms with Gasteiger partial charge < -0.3 is 15.0 Å². The molecule has 166 valence electrons. The molecule has 2 amide bonds. The zero-order valence-electron chi connectivity index (χ0n) is 17.9. The summed E-state index contributed by atoms with van der Waals surface area (Å²) >= 11 is 0. The van der Waals surface area contributed by atoms with Crippen LogP contribution in [0.25, 0.3) is 0 Å². The number of carbonyl (C=O) groups excluding carboxylic acids is 2. The highest BCUT2D eigenvalue weighted by molar-refractivity contribution is 7.88. The summed E-state index contributed by atoms with van der Waals surface area (Å²) in [5, 5.41) is 2.92. The highest BCUT2D eigenvalue weighted by atomic mass is 32.2. The summed E-state index contributed by atoms with van der Waals surface area (Å²) in [5.41, 5.74) is 1.33. The minimum atomic E-state index is -3.52. The van der Waals surface area contributed by atoms with Crippen molar-refractivity contribution in [2.45, 2.75) is 38.6 Å². The molecule has 1 saturated heterocycles. The van der Waals surface area contributed by atoms with Gasteiger partial charge in [-0.25, -0.2) is 8.42 Å². The van der Waals surface area contributed by atoms with Crippen LogP contribution in [0.4, 0.5) is 0 Å². The topological polar surface area (TPSA) is 96.0 Å². The fraction of sp³-hybridized carbons (Fsp3) is 0.619. The fourth-order valence-electron chi connectivity index (χ4n) is 4.49. The normalized spacial score (nSPS) is 24.0. The third-order valence-electron chi connectivity index (χ3n) is 6.08. The van der Waals surface area contributed by atoms with Gasteiger partial charge in [0.05, 0.1) is 19.3 Å². The van der Waals surface area contributed by atoms with Crippen LogP contribution in [0.1, 0.15) is 41.6 Å². The molecular weight excluding hydrogens is 406 g/mol. The molecule has 9 heteroatoms. The predicted molar refractivity (Wildman–Crippen MR) is 114 cm³/mol. The lowest BCUT2D eigenvalue weighted by Crippen LogP contribution is -2.55. The highest BCUT2D eigenvalue weighted by Gasteiger charge is 2.39. The number of methoxy groups -OCH3 is 1. The van der Waals surface area contributed by atoms with Crippen molar-refractivity contribution in [3.05, 3.63) is 29.3 Å². The number of hydrogen-bond acceptors (Lipinski definition) is 5. The van der Waals surface area contributed by atoms with Crippen LogP contribution in [0.2, 0.25) is 0 Å². The van der Waals surface area contributed by atoms with Crippen LogP contribution in [-0.2, 0) is 14.8 Å². The molecule has 1 N–H and O–H groups in total. The molecule has 2 aliphatic rings. The Kier molecular flexibility index (Phi) is 7.02. The Hall–Kier alpha value is -2.13. The monoisotopic (exact) mass is 437 g/mol. The molecule has 0 bridgehead atoms. The molecular formula is C21H31N3O5S. The van der Waals surface area contributed by atoms with Gasteiger partial charge in [0.1, 0.15) is 5.75 Å². The molecule has 1 aromatic rings. The molecule has 0 aromatic heterocycles. The first-order valence-corrected chi connectivity index (χ1v) is 12.3. The molecule has 1 aromatic carbocycles. The van der Waals surface area contributed by atoms with Crippen LogP contribution >= 0.6 is 0 Å². The second-order valence-electron chi connectivity index (χ2n) is 8.10. The molecule has 1 aliphatic heterocycles. The van der Waals surface area contributed by atoms with Crippen molar-refractivity contribution in [2.75, 3.05) is 39.5 Å². The van der Waals surface area contributed by atoms with E-state index in [1.165, 1.54) is 10.6 Å². The van der Waals surface area contributed by atoms with Crippen LogP contribution < -0.4 is 10.1 Å². The molecule has 2 atom stereocenters. The Morgan fingerprint density at radius 2 is 1.90 bits per heavy atom. The van der Waals surface area contributed by atoms with Gasteiger partial charge in [-0.05, 0) is 43.5 Å². The minimum absolute atomic E-state index is 0.122. The van der Waals surface area contributed by atoms with Crippen molar-refractivity contribution in [2.24, 2.45) is 5.92 Å². The summed E-state index contributed by atoms with van der Waals surface area (Å²) < 4.78 is 31.8. The SMILES string of the molecule is COc1ccc(C(=O)N2CCNC(=O)[C@H]3CCCC[C@H]3N(S(C)(=O)=O)CC2)c(C)c1. The standard InChI is InChI=1S/C21H31N3O5S/c1-15-14-16(29-2)8-9-17(15)21(26)23-11-10-22-20(25)18-6-4-5-7-19(18)24(13-12-23)30(3,27)28/h8-9,14,18-19H,4-7,10-13H2,1-3H3,(H,22,25)/t18-,19+/m0/s1. The lowest BCUT2D eigenvalue weighted by molar-refractivity contribution is -0.127. The first-order chi connectivity index (χ1) is 14.2. The van der Waals surface area contributed by atoms with Gasteiger partial charge >= 0.3 is 0 Å². The predicted octanol–water partition coefficient (Wildman–Crippen LogP) is 1.40. The first kappa shape index (κ1) is 22.6. The third-order valence-corrected chi connectivity index (χ3v) is 7.39. The molecule has 2 fully saturated rings. The largest absolute Gasteiger partial charge is 0.497 e. The first-order valence-electron chi connectivity index (χ1n) is 10.4. The highest BCUT2D eigenvalue weighted by Crippen LogP contribution is 2.30. The van der Waals surface area contributed by atoms with Crippen LogP contribution in [0.15, 0.2) is 18.2 Å². The number of amides is 2. The quantitative estimate of drug-likeness (QED) is 0.771. The van der Waals surface area contributed by atoms with E-state index in [2.05, 4.69) is 5.32 Å². The lowest BCUT2D eigenvalue weighted by Gasteiger charge is -2.39. The number of ether oxygens (including phenoxy) is 1. The molecule has 3 rings (SSSR count).